The third-order valence-electron chi connectivity index (χ3n) is 3.65. The van der Waals surface area contributed by atoms with Crippen LogP contribution in [0.1, 0.15) is 22.3 Å². The molecule has 8 nitrogen and oxygen atoms in total. The van der Waals surface area contributed by atoms with Crippen molar-refractivity contribution in [1.82, 2.24) is 5.32 Å². The molecule has 28 heavy (non-hydrogen) atoms. The van der Waals surface area contributed by atoms with Crippen LogP contribution in [0.2, 0.25) is 0 Å². The van der Waals surface area contributed by atoms with E-state index >= 15 is 0 Å². The summed E-state index contributed by atoms with van der Waals surface area (Å²) in [5, 5.41) is 13.6. The summed E-state index contributed by atoms with van der Waals surface area (Å²) in [7, 11) is 1.54. The minimum absolute atomic E-state index is 0.232. The fourth-order valence-electron chi connectivity index (χ4n) is 2.27. The van der Waals surface area contributed by atoms with Gasteiger partial charge < -0.3 is 20.1 Å². The van der Waals surface area contributed by atoms with E-state index in [0.717, 1.165) is 5.56 Å². The number of hydrogen-bond donors (Lipinski definition) is 2. The normalized spacial score (nSPS) is 9.71. The van der Waals surface area contributed by atoms with Crippen molar-refractivity contribution in [2.45, 2.75) is 13.0 Å². The second kappa shape index (κ2) is 10.3. The first kappa shape index (κ1) is 20.5. The SMILES string of the molecule is COc1ccccc1CNC(=O)COC(=O)c1ccc(NC(=O)CC#N)cc1. The Morgan fingerprint density at radius 1 is 1.04 bits per heavy atom. The van der Waals surface area contributed by atoms with Crippen molar-refractivity contribution in [1.29, 1.82) is 5.26 Å². The smallest absolute Gasteiger partial charge is 0.338 e. The maximum atomic E-state index is 12.0. The summed E-state index contributed by atoms with van der Waals surface area (Å²) in [4.78, 5) is 35.2. The number of methoxy groups -OCH3 is 1. The molecule has 2 N–H and O–H groups in total. The molecule has 0 aromatic heterocycles. The molecule has 0 aliphatic rings. The lowest BCUT2D eigenvalue weighted by Gasteiger charge is -2.10. The van der Waals surface area contributed by atoms with Crippen molar-refractivity contribution < 1.29 is 23.9 Å². The van der Waals surface area contributed by atoms with Crippen molar-refractivity contribution in [2.75, 3.05) is 19.0 Å². The molecule has 0 fully saturated rings. The van der Waals surface area contributed by atoms with Crippen molar-refractivity contribution in [2.24, 2.45) is 0 Å². The van der Waals surface area contributed by atoms with Crippen LogP contribution in [0.3, 0.4) is 0 Å². The molecule has 0 aliphatic heterocycles. The first-order valence-corrected chi connectivity index (χ1v) is 8.36. The number of nitrogens with one attached hydrogen (secondary N) is 2. The van der Waals surface area contributed by atoms with E-state index in [0.29, 0.717) is 11.4 Å². The van der Waals surface area contributed by atoms with Crippen LogP contribution in [-0.2, 0) is 20.9 Å². The van der Waals surface area contributed by atoms with E-state index in [-0.39, 0.29) is 18.5 Å². The number of anilines is 1. The summed E-state index contributed by atoms with van der Waals surface area (Å²) in [5.41, 5.74) is 1.49. The number of carbonyl (C=O) groups excluding carboxylic acids is 3. The summed E-state index contributed by atoms with van der Waals surface area (Å²) < 4.78 is 10.2. The number of nitrogens with zero attached hydrogens (tertiary/aromatic N) is 1. The average molecular weight is 381 g/mol. The number of rotatable bonds is 8. The molecule has 8 heteroatoms. The Balaban J connectivity index is 1.80. The highest BCUT2D eigenvalue weighted by Gasteiger charge is 2.11. The summed E-state index contributed by atoms with van der Waals surface area (Å²) in [6.07, 6.45) is -0.256. The molecule has 0 aliphatic carbocycles. The van der Waals surface area contributed by atoms with Crippen LogP contribution in [0.15, 0.2) is 48.5 Å². The summed E-state index contributed by atoms with van der Waals surface area (Å²) in [6.45, 7) is -0.174. The summed E-state index contributed by atoms with van der Waals surface area (Å²) in [6, 6.07) is 14.9. The molecular formula is C20H19N3O5. The number of esters is 1. The van der Waals surface area contributed by atoms with Gasteiger partial charge in [-0.3, -0.25) is 9.59 Å². The monoisotopic (exact) mass is 381 g/mol. The van der Waals surface area contributed by atoms with Gasteiger partial charge in [0.25, 0.3) is 5.91 Å². The Hall–Kier alpha value is -3.86. The van der Waals surface area contributed by atoms with Gasteiger partial charge in [-0.2, -0.15) is 5.26 Å². The van der Waals surface area contributed by atoms with Gasteiger partial charge in [0.1, 0.15) is 12.2 Å². The molecule has 2 amide bonds. The lowest BCUT2D eigenvalue weighted by molar-refractivity contribution is -0.124. The minimum Gasteiger partial charge on any atom is -0.496 e. The zero-order valence-corrected chi connectivity index (χ0v) is 15.2. The van der Waals surface area contributed by atoms with Crippen molar-refractivity contribution >= 4 is 23.5 Å². The first-order valence-electron chi connectivity index (χ1n) is 8.36. The molecule has 2 rings (SSSR count). The molecule has 2 aromatic rings. The zero-order chi connectivity index (χ0) is 20.4. The largest absolute Gasteiger partial charge is 0.496 e. The highest BCUT2D eigenvalue weighted by Crippen LogP contribution is 2.16. The van der Waals surface area contributed by atoms with Crippen molar-refractivity contribution in [3.05, 3.63) is 59.7 Å². The predicted octanol–water partition coefficient (Wildman–Crippen LogP) is 2.02. The molecule has 0 radical (unpaired) electrons. The number of hydrogen-bond acceptors (Lipinski definition) is 6. The molecular weight excluding hydrogens is 362 g/mol. The molecule has 0 saturated heterocycles. The molecule has 144 valence electrons. The third-order valence-corrected chi connectivity index (χ3v) is 3.65. The predicted molar refractivity (Wildman–Crippen MR) is 100 cm³/mol. The number of carbonyl (C=O) groups is 3. The van der Waals surface area contributed by atoms with Crippen molar-refractivity contribution in [3.63, 3.8) is 0 Å². The third kappa shape index (κ3) is 6.14. The number of para-hydroxylation sites is 1. The highest BCUT2D eigenvalue weighted by molar-refractivity contribution is 5.94. The van der Waals surface area contributed by atoms with Crippen LogP contribution >= 0.6 is 0 Å². The zero-order valence-electron chi connectivity index (χ0n) is 15.2. The van der Waals surface area contributed by atoms with E-state index in [9.17, 15) is 14.4 Å². The lowest BCUT2D eigenvalue weighted by Crippen LogP contribution is -2.28. The van der Waals surface area contributed by atoms with Crippen LogP contribution in [0.25, 0.3) is 0 Å². The van der Waals surface area contributed by atoms with Gasteiger partial charge in [-0.25, -0.2) is 4.79 Å². The second-order valence-electron chi connectivity index (χ2n) is 5.63. The lowest BCUT2D eigenvalue weighted by atomic mass is 10.2. The van der Waals surface area contributed by atoms with Gasteiger partial charge in [0.05, 0.1) is 18.7 Å². The number of amides is 2. The number of benzene rings is 2. The molecule has 0 spiro atoms. The summed E-state index contributed by atoms with van der Waals surface area (Å²) >= 11 is 0. The van der Waals surface area contributed by atoms with E-state index in [4.69, 9.17) is 14.7 Å². The molecule has 0 saturated carbocycles. The van der Waals surface area contributed by atoms with Gasteiger partial charge in [0.2, 0.25) is 5.91 Å². The van der Waals surface area contributed by atoms with E-state index < -0.39 is 24.4 Å². The maximum absolute atomic E-state index is 12.0. The Morgan fingerprint density at radius 3 is 2.43 bits per heavy atom. The van der Waals surface area contributed by atoms with Crippen LogP contribution in [-0.4, -0.2) is 31.5 Å². The molecule has 0 unspecified atom stereocenters. The van der Waals surface area contributed by atoms with Gasteiger partial charge in [0.15, 0.2) is 6.61 Å². The molecule has 0 heterocycles. The van der Waals surface area contributed by atoms with E-state index in [2.05, 4.69) is 10.6 Å². The highest BCUT2D eigenvalue weighted by atomic mass is 16.5. The molecule has 0 atom stereocenters. The van der Waals surface area contributed by atoms with E-state index in [1.54, 1.807) is 19.2 Å². The number of nitriles is 1. The van der Waals surface area contributed by atoms with Gasteiger partial charge >= 0.3 is 5.97 Å². The van der Waals surface area contributed by atoms with Crippen LogP contribution in [0, 0.1) is 11.3 Å². The van der Waals surface area contributed by atoms with Crippen molar-refractivity contribution in [3.8, 4) is 11.8 Å². The minimum atomic E-state index is -0.664. The number of ether oxygens (including phenoxy) is 2. The first-order chi connectivity index (χ1) is 13.5. The van der Waals surface area contributed by atoms with Gasteiger partial charge in [0, 0.05) is 17.8 Å². The Morgan fingerprint density at radius 2 is 1.75 bits per heavy atom. The fraction of sp³-hybridized carbons (Fsp3) is 0.200. The topological polar surface area (TPSA) is 118 Å². The van der Waals surface area contributed by atoms with Gasteiger partial charge in [-0.15, -0.1) is 0 Å². The van der Waals surface area contributed by atoms with Gasteiger partial charge in [-0.1, -0.05) is 18.2 Å². The Bertz CT molecular complexity index is 887. The quantitative estimate of drug-likeness (QED) is 0.676. The molecule has 0 bridgehead atoms. The van der Waals surface area contributed by atoms with E-state index in [1.807, 2.05) is 18.2 Å². The second-order valence-corrected chi connectivity index (χ2v) is 5.63. The Kier molecular flexibility index (Phi) is 7.54. The van der Waals surface area contributed by atoms with Gasteiger partial charge in [-0.05, 0) is 30.3 Å². The van der Waals surface area contributed by atoms with E-state index in [1.165, 1.54) is 24.3 Å². The standard InChI is InChI=1S/C20H19N3O5/c1-27-17-5-3-2-4-15(17)12-22-19(25)13-28-20(26)14-6-8-16(9-7-14)23-18(24)10-11-21/h2-9H,10,12-13H2,1H3,(H,22,25)(H,23,24). The van der Waals surface area contributed by atoms with Crippen LogP contribution < -0.4 is 15.4 Å². The maximum Gasteiger partial charge on any atom is 0.338 e. The Labute approximate surface area is 162 Å². The fourth-order valence-corrected chi connectivity index (χ4v) is 2.27. The average Bonchev–Trinajstić information content (AvgIpc) is 2.71. The summed E-state index contributed by atoms with van der Waals surface area (Å²) in [5.74, 6) is -0.895. The van der Waals surface area contributed by atoms with Crippen LogP contribution in [0.5, 0.6) is 5.75 Å². The molecule has 2 aromatic carbocycles. The van der Waals surface area contributed by atoms with Crippen LogP contribution in [0.4, 0.5) is 5.69 Å².